The van der Waals surface area contributed by atoms with Gasteiger partial charge in [-0.25, -0.2) is 4.79 Å². The van der Waals surface area contributed by atoms with Crippen LogP contribution in [-0.4, -0.2) is 53.8 Å². The van der Waals surface area contributed by atoms with Crippen molar-refractivity contribution in [3.05, 3.63) is 86.0 Å². The first-order chi connectivity index (χ1) is 18.7. The van der Waals surface area contributed by atoms with Gasteiger partial charge in [-0.1, -0.05) is 47.5 Å². The van der Waals surface area contributed by atoms with E-state index in [1.807, 2.05) is 17.5 Å². The van der Waals surface area contributed by atoms with Gasteiger partial charge in [0.15, 0.2) is 12.2 Å². The molecule has 4 N–H and O–H groups in total. The molecule has 1 aromatic heterocycles. The minimum Gasteiger partial charge on any atom is -0.480 e. The summed E-state index contributed by atoms with van der Waals surface area (Å²) in [5.74, 6) is -3.09. The Bertz CT molecular complexity index is 1330. The fraction of sp³-hybridized carbons (Fsp3) is 0.231. The summed E-state index contributed by atoms with van der Waals surface area (Å²) in [7, 11) is 0. The van der Waals surface area contributed by atoms with Crippen LogP contribution in [0.3, 0.4) is 0 Å². The second-order valence-corrected chi connectivity index (χ2v) is 10.3. The highest BCUT2D eigenvalue weighted by Gasteiger charge is 2.41. The summed E-state index contributed by atoms with van der Waals surface area (Å²) in [6.45, 7) is -0.0101. The second-order valence-electron chi connectivity index (χ2n) is 8.44. The van der Waals surface area contributed by atoms with Crippen molar-refractivity contribution in [2.75, 3.05) is 12.1 Å². The van der Waals surface area contributed by atoms with Crippen molar-refractivity contribution in [1.82, 2.24) is 10.6 Å². The van der Waals surface area contributed by atoms with Gasteiger partial charge < -0.3 is 30.5 Å². The van der Waals surface area contributed by atoms with Gasteiger partial charge >= 0.3 is 5.97 Å². The van der Waals surface area contributed by atoms with E-state index < -0.39 is 41.9 Å². The number of ether oxygens (including phenoxy) is 2. The van der Waals surface area contributed by atoms with E-state index >= 15 is 0 Å². The molecule has 3 atom stereocenters. The number of hydrogen-bond acceptors (Lipinski definition) is 7. The Hall–Kier alpha value is -3.48. The molecule has 204 valence electrons. The molecule has 1 aliphatic heterocycles. The summed E-state index contributed by atoms with van der Waals surface area (Å²) in [6.07, 6.45) is -2.58. The maximum absolute atomic E-state index is 12.8. The number of aliphatic carboxylic acids is 1. The van der Waals surface area contributed by atoms with Gasteiger partial charge in [0.25, 0.3) is 17.7 Å². The van der Waals surface area contributed by atoms with Gasteiger partial charge in [-0.2, -0.15) is 0 Å². The maximum atomic E-state index is 12.8. The van der Waals surface area contributed by atoms with Crippen LogP contribution in [0.2, 0.25) is 10.0 Å². The third kappa shape index (κ3) is 7.34. The smallest absolute Gasteiger partial charge is 0.326 e. The van der Waals surface area contributed by atoms with Crippen LogP contribution in [0.15, 0.2) is 60.0 Å². The molecule has 4 rings (SSSR count). The molecule has 0 saturated carbocycles. The number of carboxylic acid groups (broad SMARTS) is 1. The van der Waals surface area contributed by atoms with Gasteiger partial charge in [0, 0.05) is 17.0 Å². The van der Waals surface area contributed by atoms with E-state index in [1.165, 1.54) is 11.3 Å². The highest BCUT2D eigenvalue weighted by atomic mass is 35.5. The molecule has 2 heterocycles. The minimum atomic E-state index is -1.31. The highest BCUT2D eigenvalue weighted by Crippen LogP contribution is 2.25. The van der Waals surface area contributed by atoms with E-state index in [0.717, 1.165) is 4.88 Å². The molecule has 2 aromatic carbocycles. The zero-order valence-corrected chi connectivity index (χ0v) is 22.5. The Balaban J connectivity index is 1.34. The number of hydrogen-bond donors (Lipinski definition) is 4. The van der Waals surface area contributed by atoms with E-state index in [9.17, 15) is 24.3 Å². The standard InChI is InChI=1S/C26H23Cl2N3O7S/c27-17-4-1-5-18(28)20(17)23(32)30-15-8-6-14(7-9-15)11-19(26(35)36)31-25(34)22-21(37-13-38-22)24(33)29-12-16-3-2-10-39-16/h1-10,19,21-22H,11-13H2,(H,29,33)(H,30,32)(H,31,34)(H,35,36). The predicted molar refractivity (Wildman–Crippen MR) is 145 cm³/mol. The second kappa shape index (κ2) is 13.0. The molecule has 3 amide bonds. The quantitative estimate of drug-likeness (QED) is 0.282. The first kappa shape index (κ1) is 28.5. The van der Waals surface area contributed by atoms with Crippen LogP contribution in [0, 0.1) is 0 Å². The van der Waals surface area contributed by atoms with Gasteiger partial charge in [0.2, 0.25) is 0 Å². The Labute approximate surface area is 237 Å². The summed E-state index contributed by atoms with van der Waals surface area (Å²) in [5.41, 5.74) is 1.14. The van der Waals surface area contributed by atoms with E-state index in [2.05, 4.69) is 16.0 Å². The fourth-order valence-corrected chi connectivity index (χ4v) is 5.01. The molecule has 10 nitrogen and oxygen atoms in total. The average molecular weight is 592 g/mol. The lowest BCUT2D eigenvalue weighted by atomic mass is 10.0. The van der Waals surface area contributed by atoms with Crippen molar-refractivity contribution >= 4 is 63.9 Å². The number of thiophene rings is 1. The van der Waals surface area contributed by atoms with E-state index in [1.54, 1.807) is 42.5 Å². The number of halogens is 2. The molecule has 3 aromatic rings. The van der Waals surface area contributed by atoms with Gasteiger partial charge in [-0.3, -0.25) is 14.4 Å². The van der Waals surface area contributed by atoms with Crippen molar-refractivity contribution in [3.8, 4) is 0 Å². The molecule has 1 fully saturated rings. The normalized spacial score (nSPS) is 17.3. The van der Waals surface area contributed by atoms with Crippen LogP contribution >= 0.6 is 34.5 Å². The number of nitrogens with one attached hydrogen (secondary N) is 3. The topological polar surface area (TPSA) is 143 Å². The van der Waals surface area contributed by atoms with Crippen LogP contribution in [0.4, 0.5) is 5.69 Å². The SMILES string of the molecule is O=C(Nc1ccc(CC(NC(=O)C2OCOC2C(=O)NCc2cccs2)C(=O)O)cc1)c1c(Cl)cccc1Cl. The number of rotatable bonds is 10. The maximum Gasteiger partial charge on any atom is 0.326 e. The summed E-state index contributed by atoms with van der Waals surface area (Å²) >= 11 is 13.6. The third-order valence-electron chi connectivity index (χ3n) is 5.76. The lowest BCUT2D eigenvalue weighted by Gasteiger charge is -2.20. The van der Waals surface area contributed by atoms with Gasteiger partial charge in [-0.05, 0) is 41.3 Å². The minimum absolute atomic E-state index is 0.0611. The lowest BCUT2D eigenvalue weighted by Crippen LogP contribution is -2.52. The average Bonchev–Trinajstić information content (AvgIpc) is 3.60. The van der Waals surface area contributed by atoms with E-state index in [0.29, 0.717) is 11.3 Å². The predicted octanol–water partition coefficient (Wildman–Crippen LogP) is 3.48. The number of benzene rings is 2. The number of anilines is 1. The molecule has 3 unspecified atom stereocenters. The summed E-state index contributed by atoms with van der Waals surface area (Å²) in [5, 5.41) is 19.8. The molecule has 13 heteroatoms. The summed E-state index contributed by atoms with van der Waals surface area (Å²) < 4.78 is 10.6. The summed E-state index contributed by atoms with van der Waals surface area (Å²) in [4.78, 5) is 50.8. The zero-order valence-electron chi connectivity index (χ0n) is 20.2. The van der Waals surface area contributed by atoms with Crippen molar-refractivity contribution in [2.45, 2.75) is 31.2 Å². The molecule has 0 aliphatic carbocycles. The van der Waals surface area contributed by atoms with Gasteiger partial charge in [0.05, 0.1) is 22.2 Å². The van der Waals surface area contributed by atoms with Crippen LogP contribution in [0.25, 0.3) is 0 Å². The molecular weight excluding hydrogens is 569 g/mol. The molecule has 0 spiro atoms. The number of carbonyl (C=O) groups is 4. The highest BCUT2D eigenvalue weighted by molar-refractivity contribution is 7.09. The summed E-state index contributed by atoms with van der Waals surface area (Å²) in [6, 6.07) is 13.5. The molecule has 39 heavy (non-hydrogen) atoms. The zero-order chi connectivity index (χ0) is 27.9. The van der Waals surface area contributed by atoms with Crippen LogP contribution in [0.5, 0.6) is 0 Å². The third-order valence-corrected chi connectivity index (χ3v) is 7.27. The van der Waals surface area contributed by atoms with Crippen LogP contribution in [0.1, 0.15) is 20.8 Å². The number of carbonyl (C=O) groups excluding carboxylic acids is 3. The van der Waals surface area contributed by atoms with Crippen LogP contribution < -0.4 is 16.0 Å². The van der Waals surface area contributed by atoms with Crippen molar-refractivity contribution in [3.63, 3.8) is 0 Å². The van der Waals surface area contributed by atoms with E-state index in [4.69, 9.17) is 32.7 Å². The first-order valence-corrected chi connectivity index (χ1v) is 13.3. The van der Waals surface area contributed by atoms with E-state index in [-0.39, 0.29) is 35.4 Å². The molecule has 0 radical (unpaired) electrons. The number of amides is 3. The molecule has 0 bridgehead atoms. The van der Waals surface area contributed by atoms with Gasteiger partial charge in [0.1, 0.15) is 12.8 Å². The van der Waals surface area contributed by atoms with Crippen molar-refractivity contribution in [1.29, 1.82) is 0 Å². The Morgan fingerprint density at radius 2 is 1.62 bits per heavy atom. The largest absolute Gasteiger partial charge is 0.480 e. The molecule has 1 aliphatic rings. The Morgan fingerprint density at radius 1 is 0.949 bits per heavy atom. The van der Waals surface area contributed by atoms with Crippen molar-refractivity contribution < 1.29 is 33.8 Å². The fourth-order valence-electron chi connectivity index (χ4n) is 3.80. The Morgan fingerprint density at radius 3 is 2.23 bits per heavy atom. The number of carboxylic acids is 1. The molecular formula is C26H23Cl2N3O7S. The van der Waals surface area contributed by atoms with Gasteiger partial charge in [-0.15, -0.1) is 11.3 Å². The van der Waals surface area contributed by atoms with Crippen LogP contribution in [-0.2, 0) is 36.8 Å². The van der Waals surface area contributed by atoms with Crippen molar-refractivity contribution in [2.24, 2.45) is 0 Å². The first-order valence-electron chi connectivity index (χ1n) is 11.6. The lowest BCUT2D eigenvalue weighted by molar-refractivity contribution is -0.144. The Kier molecular flexibility index (Phi) is 9.54. The monoisotopic (exact) mass is 591 g/mol. The molecule has 1 saturated heterocycles.